The maximum Gasteiger partial charge on any atom is 0.325 e. The Hall–Kier alpha value is -3.20. The molecule has 0 saturated carbocycles. The van der Waals surface area contributed by atoms with Gasteiger partial charge in [-0.25, -0.2) is 4.39 Å². The number of aliphatic carboxylic acids is 1. The van der Waals surface area contributed by atoms with Gasteiger partial charge < -0.3 is 10.4 Å². The van der Waals surface area contributed by atoms with Gasteiger partial charge in [-0.05, 0) is 30.7 Å². The quantitative estimate of drug-likeness (QED) is 0.672. The number of carbonyl (C=O) groups is 2. The van der Waals surface area contributed by atoms with Crippen molar-refractivity contribution in [1.82, 2.24) is 19.6 Å². The predicted octanol–water partition coefficient (Wildman–Crippen LogP) is 2.57. The van der Waals surface area contributed by atoms with E-state index in [1.54, 1.807) is 16.8 Å². The number of hydrogen-bond donors (Lipinski definition) is 2. The third kappa shape index (κ3) is 4.50. The van der Waals surface area contributed by atoms with E-state index in [-0.39, 0.29) is 12.2 Å². The van der Waals surface area contributed by atoms with Gasteiger partial charge in [0, 0.05) is 23.0 Å². The zero-order valence-corrected chi connectivity index (χ0v) is 14.9. The fraction of sp³-hybridized carbons (Fsp3) is 0.176. The topological polar surface area (TPSA) is 102 Å². The van der Waals surface area contributed by atoms with E-state index in [1.165, 1.54) is 24.4 Å². The van der Waals surface area contributed by atoms with Crippen LogP contribution < -0.4 is 5.32 Å². The van der Waals surface area contributed by atoms with Crippen LogP contribution in [0.15, 0.2) is 36.5 Å². The summed E-state index contributed by atoms with van der Waals surface area (Å²) >= 11 is 6.04. The van der Waals surface area contributed by atoms with E-state index in [0.717, 1.165) is 10.4 Å². The van der Waals surface area contributed by atoms with Crippen molar-refractivity contribution in [3.8, 4) is 0 Å². The number of anilines is 1. The molecule has 0 fully saturated rings. The minimum absolute atomic E-state index is 0.0741. The van der Waals surface area contributed by atoms with Gasteiger partial charge in [-0.1, -0.05) is 17.7 Å². The van der Waals surface area contributed by atoms with Crippen LogP contribution in [0, 0.1) is 12.7 Å². The number of carbonyl (C=O) groups excluding carboxylic acids is 1. The van der Waals surface area contributed by atoms with Gasteiger partial charge in [0.2, 0.25) is 0 Å². The van der Waals surface area contributed by atoms with Gasteiger partial charge in [0.05, 0.1) is 6.54 Å². The molecule has 0 unspecified atom stereocenters. The lowest BCUT2D eigenvalue weighted by atomic mass is 10.2. The molecule has 1 amide bonds. The summed E-state index contributed by atoms with van der Waals surface area (Å²) in [6, 6.07) is 7.21. The molecule has 8 nitrogen and oxygen atoms in total. The Morgan fingerprint density at radius 2 is 2.04 bits per heavy atom. The van der Waals surface area contributed by atoms with Crippen LogP contribution in [0.1, 0.15) is 21.7 Å². The van der Waals surface area contributed by atoms with E-state index in [9.17, 15) is 14.0 Å². The molecule has 0 bridgehead atoms. The summed E-state index contributed by atoms with van der Waals surface area (Å²) in [7, 11) is 0. The molecule has 3 aromatic rings. The van der Waals surface area contributed by atoms with E-state index < -0.39 is 17.7 Å². The van der Waals surface area contributed by atoms with Crippen molar-refractivity contribution in [2.45, 2.75) is 20.0 Å². The third-order valence-corrected chi connectivity index (χ3v) is 4.08. The van der Waals surface area contributed by atoms with E-state index >= 15 is 0 Å². The van der Waals surface area contributed by atoms with Gasteiger partial charge in [-0.2, -0.15) is 10.2 Å². The van der Waals surface area contributed by atoms with Crippen LogP contribution in [-0.2, 0) is 17.9 Å². The summed E-state index contributed by atoms with van der Waals surface area (Å²) < 4.78 is 15.9. The van der Waals surface area contributed by atoms with Crippen molar-refractivity contribution < 1.29 is 19.1 Å². The molecule has 140 valence electrons. The SMILES string of the molecule is Cc1cc(NC(=O)c2ccn(CC(=O)O)n2)nn1Cc1ccc(F)cc1Cl. The van der Waals surface area contributed by atoms with Crippen LogP contribution in [0.4, 0.5) is 10.2 Å². The number of rotatable bonds is 6. The number of benzene rings is 1. The van der Waals surface area contributed by atoms with Crippen LogP contribution in [-0.4, -0.2) is 36.5 Å². The Kier molecular flexibility index (Phi) is 5.22. The average Bonchev–Trinajstić information content (AvgIpc) is 3.16. The molecule has 0 aliphatic carbocycles. The molecule has 2 aromatic heterocycles. The van der Waals surface area contributed by atoms with E-state index in [2.05, 4.69) is 15.5 Å². The van der Waals surface area contributed by atoms with Crippen LogP contribution >= 0.6 is 11.6 Å². The highest BCUT2D eigenvalue weighted by Gasteiger charge is 2.14. The van der Waals surface area contributed by atoms with Crippen LogP contribution in [0.3, 0.4) is 0 Å². The van der Waals surface area contributed by atoms with Gasteiger partial charge in [0.1, 0.15) is 12.4 Å². The highest BCUT2D eigenvalue weighted by Crippen LogP contribution is 2.20. The van der Waals surface area contributed by atoms with Gasteiger partial charge in [0.15, 0.2) is 11.5 Å². The molecule has 10 heteroatoms. The number of nitrogens with one attached hydrogen (secondary N) is 1. The summed E-state index contributed by atoms with van der Waals surface area (Å²) in [5, 5.41) is 19.8. The number of nitrogens with zero attached hydrogens (tertiary/aromatic N) is 4. The molecule has 0 radical (unpaired) electrons. The monoisotopic (exact) mass is 391 g/mol. The molecule has 3 rings (SSSR count). The lowest BCUT2D eigenvalue weighted by Crippen LogP contribution is -2.15. The first-order chi connectivity index (χ1) is 12.8. The molecule has 1 aromatic carbocycles. The van der Waals surface area contributed by atoms with E-state index in [4.69, 9.17) is 16.7 Å². The summed E-state index contributed by atoms with van der Waals surface area (Å²) in [5.74, 6) is -1.68. The smallest absolute Gasteiger partial charge is 0.325 e. The normalized spacial score (nSPS) is 10.8. The molecular weight excluding hydrogens is 377 g/mol. The second-order valence-corrected chi connectivity index (χ2v) is 6.22. The van der Waals surface area contributed by atoms with Crippen LogP contribution in [0.25, 0.3) is 0 Å². The predicted molar refractivity (Wildman–Crippen MR) is 95.3 cm³/mol. The van der Waals surface area contributed by atoms with Crippen LogP contribution in [0.5, 0.6) is 0 Å². The average molecular weight is 392 g/mol. The fourth-order valence-electron chi connectivity index (χ4n) is 2.43. The molecule has 2 N–H and O–H groups in total. The Balaban J connectivity index is 1.71. The summed E-state index contributed by atoms with van der Waals surface area (Å²) in [4.78, 5) is 22.9. The highest BCUT2D eigenvalue weighted by atomic mass is 35.5. The number of amides is 1. The van der Waals surface area contributed by atoms with E-state index in [1.807, 2.05) is 6.92 Å². The first-order valence-electron chi connectivity index (χ1n) is 7.87. The number of aromatic nitrogens is 4. The fourth-order valence-corrected chi connectivity index (χ4v) is 2.66. The largest absolute Gasteiger partial charge is 0.480 e. The van der Waals surface area contributed by atoms with Gasteiger partial charge in [-0.3, -0.25) is 19.0 Å². The minimum Gasteiger partial charge on any atom is -0.480 e. The zero-order valence-electron chi connectivity index (χ0n) is 14.2. The van der Waals surface area contributed by atoms with Crippen molar-refractivity contribution in [2.24, 2.45) is 0 Å². The minimum atomic E-state index is -1.06. The number of halogens is 2. The molecule has 0 saturated heterocycles. The molecular formula is C17H15ClFN5O3. The summed E-state index contributed by atoms with van der Waals surface area (Å²) in [5.41, 5.74) is 1.53. The lowest BCUT2D eigenvalue weighted by Gasteiger charge is -2.06. The molecule has 2 heterocycles. The van der Waals surface area contributed by atoms with Gasteiger partial charge >= 0.3 is 5.97 Å². The Morgan fingerprint density at radius 3 is 2.74 bits per heavy atom. The number of carboxylic acids is 1. The van der Waals surface area contributed by atoms with Crippen molar-refractivity contribution in [2.75, 3.05) is 5.32 Å². The maximum atomic E-state index is 13.2. The number of hydrogen-bond acceptors (Lipinski definition) is 4. The number of carboxylic acid groups (broad SMARTS) is 1. The first-order valence-corrected chi connectivity index (χ1v) is 8.24. The summed E-state index contributed by atoms with van der Waals surface area (Å²) in [6.45, 7) is 1.79. The van der Waals surface area contributed by atoms with Crippen molar-refractivity contribution >= 4 is 29.3 Å². The molecule has 27 heavy (non-hydrogen) atoms. The standard InChI is InChI=1S/C17H15ClFN5O3/c1-10-6-15(20-17(27)14-4-5-23(21-14)9-16(25)26)22-24(10)8-11-2-3-12(19)7-13(11)18/h2-7H,8-9H2,1H3,(H,25,26)(H,20,22,27). The second-order valence-electron chi connectivity index (χ2n) is 5.81. The highest BCUT2D eigenvalue weighted by molar-refractivity contribution is 6.31. The maximum absolute atomic E-state index is 13.2. The number of aryl methyl sites for hydroxylation is 1. The third-order valence-electron chi connectivity index (χ3n) is 3.73. The van der Waals surface area contributed by atoms with Crippen molar-refractivity contribution in [3.63, 3.8) is 0 Å². The van der Waals surface area contributed by atoms with Gasteiger partial charge in [0.25, 0.3) is 5.91 Å². The van der Waals surface area contributed by atoms with Crippen molar-refractivity contribution in [3.05, 3.63) is 64.3 Å². The Morgan fingerprint density at radius 1 is 1.26 bits per heavy atom. The Bertz CT molecular complexity index is 1010. The first kappa shape index (κ1) is 18.6. The molecule has 0 atom stereocenters. The molecule has 0 aliphatic rings. The zero-order chi connectivity index (χ0) is 19.6. The Labute approximate surface area is 158 Å². The molecule has 0 spiro atoms. The molecule has 0 aliphatic heterocycles. The summed E-state index contributed by atoms with van der Waals surface area (Å²) in [6.07, 6.45) is 1.41. The lowest BCUT2D eigenvalue weighted by molar-refractivity contribution is -0.137. The second kappa shape index (κ2) is 7.58. The van der Waals surface area contributed by atoms with E-state index in [0.29, 0.717) is 22.9 Å². The van der Waals surface area contributed by atoms with Crippen LogP contribution in [0.2, 0.25) is 5.02 Å². The van der Waals surface area contributed by atoms with Gasteiger partial charge in [-0.15, -0.1) is 0 Å². The van der Waals surface area contributed by atoms with Crippen molar-refractivity contribution in [1.29, 1.82) is 0 Å².